The molecular formula is C62H55IrN3OSi-2. The first-order valence-corrected chi connectivity index (χ1v) is 26.4. The molecule has 0 saturated heterocycles. The number of furan rings is 1. The summed E-state index contributed by atoms with van der Waals surface area (Å²) in [6.45, 7) is 17.2. The van der Waals surface area contributed by atoms with Gasteiger partial charge in [0.05, 0.1) is 36.2 Å². The van der Waals surface area contributed by atoms with E-state index in [1.807, 2.05) is 38.2 Å². The van der Waals surface area contributed by atoms with E-state index in [1.165, 1.54) is 17.0 Å². The Labute approximate surface area is 420 Å². The molecule has 6 heteroatoms. The monoisotopic (exact) mass is 1080 g/mol. The maximum atomic E-state index is 8.45. The van der Waals surface area contributed by atoms with E-state index in [2.05, 4.69) is 196 Å². The minimum atomic E-state index is -1.64. The second kappa shape index (κ2) is 18.8. The van der Waals surface area contributed by atoms with E-state index in [0.29, 0.717) is 11.3 Å². The molecule has 0 spiro atoms. The number of pyridine rings is 1. The molecule has 68 heavy (non-hydrogen) atoms. The number of hydrogen-bond donors (Lipinski definition) is 0. The van der Waals surface area contributed by atoms with E-state index in [9.17, 15) is 0 Å². The Morgan fingerprint density at radius 2 is 1.41 bits per heavy atom. The van der Waals surface area contributed by atoms with Crippen LogP contribution in [-0.4, -0.2) is 22.6 Å². The molecule has 0 unspecified atom stereocenters. The van der Waals surface area contributed by atoms with Crippen molar-refractivity contribution < 1.29 is 30.0 Å². The quantitative estimate of drug-likeness (QED) is 0.118. The molecule has 0 atom stereocenters. The largest absolute Gasteiger partial charge is 0.501 e. The SMILES string of the molecule is CC(C)(C)c1cccc(-c2ccccc2)c1-n1c(-c2[c-]ccc3c2oc2cc(-c4ccccc4)ccc23)nc2cc3ccccc3cc21.[2H]c1[c-]c(-c2cc(C([2H])(C)C)c([Si](C)(C)C)cn2)cc([2H])c1[2H].[Ir]. The minimum Gasteiger partial charge on any atom is -0.501 e. The summed E-state index contributed by atoms with van der Waals surface area (Å²) in [6, 6.07) is 60.9. The molecule has 1 radical (unpaired) electrons. The van der Waals surface area contributed by atoms with Gasteiger partial charge >= 0.3 is 0 Å². The Bertz CT molecular complexity index is 3790. The summed E-state index contributed by atoms with van der Waals surface area (Å²) < 4.78 is 40.7. The summed E-state index contributed by atoms with van der Waals surface area (Å²) in [4.78, 5) is 9.92. The number of benzene rings is 8. The summed E-state index contributed by atoms with van der Waals surface area (Å²) in [5.41, 5.74) is 13.3. The van der Waals surface area contributed by atoms with Crippen LogP contribution in [0.4, 0.5) is 0 Å². The van der Waals surface area contributed by atoms with Crippen molar-refractivity contribution in [3.8, 4) is 50.6 Å². The van der Waals surface area contributed by atoms with Crippen LogP contribution >= 0.6 is 0 Å². The number of aromatic nitrogens is 3. The fraction of sp³-hybridized carbons (Fsp3) is 0.161. The Morgan fingerprint density at radius 3 is 2.10 bits per heavy atom. The molecule has 4 nitrogen and oxygen atoms in total. The van der Waals surface area contributed by atoms with Gasteiger partial charge in [0, 0.05) is 41.4 Å². The molecule has 11 rings (SSSR count). The number of imidazole rings is 1. The normalized spacial score (nSPS) is 12.8. The molecule has 0 fully saturated rings. The first-order chi connectivity index (χ1) is 33.8. The molecule has 0 saturated carbocycles. The summed E-state index contributed by atoms with van der Waals surface area (Å²) in [6.07, 6.45) is 1.84. The van der Waals surface area contributed by atoms with Crippen LogP contribution in [0, 0.1) is 12.1 Å². The third kappa shape index (κ3) is 8.92. The van der Waals surface area contributed by atoms with Crippen molar-refractivity contribution in [3.05, 3.63) is 205 Å². The van der Waals surface area contributed by atoms with Gasteiger partial charge in [-0.2, -0.15) is 0 Å². The fourth-order valence-corrected chi connectivity index (χ4v) is 10.7. The summed E-state index contributed by atoms with van der Waals surface area (Å²) >= 11 is 0. The van der Waals surface area contributed by atoms with Crippen molar-refractivity contribution in [2.24, 2.45) is 0 Å². The van der Waals surface area contributed by atoms with Crippen molar-refractivity contribution in [1.82, 2.24) is 14.5 Å². The zero-order chi connectivity index (χ0) is 50.0. The van der Waals surface area contributed by atoms with Gasteiger partial charge < -0.3 is 14.0 Å². The van der Waals surface area contributed by atoms with Crippen molar-refractivity contribution in [2.45, 2.75) is 65.6 Å². The topological polar surface area (TPSA) is 43.9 Å². The van der Waals surface area contributed by atoms with Gasteiger partial charge in [-0.25, -0.2) is 0 Å². The molecular weight excluding hydrogens is 1020 g/mol. The second-order valence-corrected chi connectivity index (χ2v) is 24.5. The fourth-order valence-electron chi connectivity index (χ4n) is 9.15. The third-order valence-corrected chi connectivity index (χ3v) is 14.5. The first-order valence-electron chi connectivity index (χ1n) is 24.9. The Balaban J connectivity index is 0.000000226. The molecule has 8 aromatic carbocycles. The smallest absolute Gasteiger partial charge is 0.121 e. The van der Waals surface area contributed by atoms with Gasteiger partial charge in [-0.1, -0.05) is 192 Å². The summed E-state index contributed by atoms with van der Waals surface area (Å²) in [5.74, 6) is 0.0538. The van der Waals surface area contributed by atoms with Crippen molar-refractivity contribution in [1.29, 1.82) is 0 Å². The standard InChI is InChI=1S/C45H33N2O.C17H22NSi.Ir/c1-45(2,3)38-23-13-20-34(30-16-8-5-9-17-30)42(38)47-40-27-32-19-11-10-18-31(32)26-39(40)46-44(47)37-22-12-21-36-35-25-24-33(28-41(35)48-43(36)37)29-14-6-4-7-15-29;1-13(2)15-11-16(14-9-7-6-8-10-14)18-12-17(15)19(3,4)5;/h4-21,23-28H,1-3H3;6-9,11-13H,1-5H3;/q2*-1;/i;6D,7D,8D,13D;. The Morgan fingerprint density at radius 1 is 0.706 bits per heavy atom. The van der Waals surface area contributed by atoms with Gasteiger partial charge in [0.25, 0.3) is 0 Å². The van der Waals surface area contributed by atoms with E-state index >= 15 is 0 Å². The van der Waals surface area contributed by atoms with Crippen LogP contribution in [0.15, 0.2) is 186 Å². The molecule has 0 aliphatic rings. The maximum absolute atomic E-state index is 8.45. The van der Waals surface area contributed by atoms with Gasteiger partial charge in [-0.15, -0.1) is 54.0 Å². The van der Waals surface area contributed by atoms with E-state index in [-0.39, 0.29) is 43.6 Å². The molecule has 0 aliphatic carbocycles. The predicted octanol–water partition coefficient (Wildman–Crippen LogP) is 16.4. The van der Waals surface area contributed by atoms with Crippen molar-refractivity contribution in [2.75, 3.05) is 0 Å². The Hall–Kier alpha value is -6.69. The van der Waals surface area contributed by atoms with Crippen LogP contribution in [-0.2, 0) is 25.5 Å². The molecule has 0 bridgehead atoms. The van der Waals surface area contributed by atoms with Crippen LogP contribution in [0.25, 0.3) is 94.3 Å². The van der Waals surface area contributed by atoms with Gasteiger partial charge in [0.2, 0.25) is 0 Å². The van der Waals surface area contributed by atoms with Crippen LogP contribution in [0.2, 0.25) is 19.6 Å². The average molecular weight is 1080 g/mol. The molecule has 3 heterocycles. The van der Waals surface area contributed by atoms with Crippen molar-refractivity contribution in [3.63, 3.8) is 0 Å². The number of nitrogens with zero attached hydrogens (tertiary/aromatic N) is 3. The third-order valence-electron chi connectivity index (χ3n) is 12.5. The second-order valence-electron chi connectivity index (χ2n) is 19.5. The number of rotatable bonds is 7. The minimum absolute atomic E-state index is 0. The van der Waals surface area contributed by atoms with Gasteiger partial charge in [-0.3, -0.25) is 4.98 Å². The van der Waals surface area contributed by atoms with E-state index in [0.717, 1.165) is 88.4 Å². The summed E-state index contributed by atoms with van der Waals surface area (Å²) in [7, 11) is -1.64. The van der Waals surface area contributed by atoms with E-state index < -0.39 is 14.0 Å². The summed E-state index contributed by atoms with van der Waals surface area (Å²) in [5, 5.41) is 5.61. The van der Waals surface area contributed by atoms with E-state index in [4.69, 9.17) is 14.9 Å². The van der Waals surface area contributed by atoms with Gasteiger partial charge in [0.1, 0.15) is 5.58 Å². The molecule has 0 amide bonds. The number of fused-ring (bicyclic) bond motifs is 5. The zero-order valence-electron chi connectivity index (χ0n) is 43.7. The molecule has 11 aromatic rings. The molecule has 0 aliphatic heterocycles. The first kappa shape index (κ1) is 41.5. The predicted molar refractivity (Wildman–Crippen MR) is 285 cm³/mol. The van der Waals surface area contributed by atoms with Gasteiger partial charge in [-0.05, 0) is 74.8 Å². The van der Waals surface area contributed by atoms with Gasteiger partial charge in [0.15, 0.2) is 0 Å². The number of hydrogen-bond acceptors (Lipinski definition) is 3. The van der Waals surface area contributed by atoms with Crippen LogP contribution in [0.1, 0.15) is 57.1 Å². The van der Waals surface area contributed by atoms with E-state index in [1.54, 1.807) is 0 Å². The average Bonchev–Trinajstić information content (AvgIpc) is 3.92. The molecule has 3 aromatic heterocycles. The number of para-hydroxylation sites is 1. The molecule has 0 N–H and O–H groups in total. The zero-order valence-corrected chi connectivity index (χ0v) is 43.1. The molecule has 339 valence electrons. The van der Waals surface area contributed by atoms with Crippen LogP contribution in [0.5, 0.6) is 0 Å². The maximum Gasteiger partial charge on any atom is 0.121 e. The Kier molecular flexibility index (Phi) is 11.5. The van der Waals surface area contributed by atoms with Crippen LogP contribution in [0.3, 0.4) is 0 Å². The van der Waals surface area contributed by atoms with Crippen LogP contribution < -0.4 is 5.19 Å². The van der Waals surface area contributed by atoms with Crippen molar-refractivity contribution >= 4 is 57.0 Å².